The topological polar surface area (TPSA) is 75.3 Å². The van der Waals surface area contributed by atoms with Gasteiger partial charge in [-0.05, 0) is 25.8 Å². The highest BCUT2D eigenvalue weighted by atomic mass is 32.2. The van der Waals surface area contributed by atoms with Crippen molar-refractivity contribution in [2.24, 2.45) is 5.41 Å². The number of rotatable bonds is 6. The van der Waals surface area contributed by atoms with Gasteiger partial charge in [0.15, 0.2) is 9.84 Å². The number of sulfone groups is 1. The fourth-order valence-corrected chi connectivity index (χ4v) is 2.98. The molecule has 1 heterocycles. The van der Waals surface area contributed by atoms with Crippen LogP contribution < -0.4 is 10.6 Å². The Kier molecular flexibility index (Phi) is 5.59. The monoisotopic (exact) mass is 276 g/mol. The van der Waals surface area contributed by atoms with E-state index in [-0.39, 0.29) is 29.4 Å². The maximum atomic E-state index is 12.2. The summed E-state index contributed by atoms with van der Waals surface area (Å²) >= 11 is 0. The van der Waals surface area contributed by atoms with Gasteiger partial charge in [-0.25, -0.2) is 8.42 Å². The average Bonchev–Trinajstić information content (AvgIpc) is 2.39. The molecule has 1 amide bonds. The molecule has 1 unspecified atom stereocenters. The molecule has 0 bridgehead atoms. The number of hydrogen-bond acceptors (Lipinski definition) is 4. The number of carbonyl (C=O) groups excluding carboxylic acids is 1. The number of piperidine rings is 1. The second kappa shape index (κ2) is 6.52. The third-order valence-electron chi connectivity index (χ3n) is 3.77. The first-order chi connectivity index (χ1) is 8.46. The Morgan fingerprint density at radius 2 is 2.11 bits per heavy atom. The van der Waals surface area contributed by atoms with Crippen molar-refractivity contribution in [1.29, 1.82) is 0 Å². The van der Waals surface area contributed by atoms with Crippen LogP contribution in [-0.4, -0.2) is 45.5 Å². The van der Waals surface area contributed by atoms with Crippen molar-refractivity contribution in [1.82, 2.24) is 10.6 Å². The Balaban J connectivity index is 2.48. The first-order valence-corrected chi connectivity index (χ1v) is 8.47. The van der Waals surface area contributed by atoms with E-state index in [4.69, 9.17) is 0 Å². The summed E-state index contributed by atoms with van der Waals surface area (Å²) in [5.74, 6) is 0.148. The van der Waals surface area contributed by atoms with Crippen LogP contribution in [0, 0.1) is 5.41 Å². The molecular formula is C12H24N2O3S. The second-order valence-corrected chi connectivity index (χ2v) is 7.38. The van der Waals surface area contributed by atoms with Crippen LogP contribution in [0.3, 0.4) is 0 Å². The lowest BCUT2D eigenvalue weighted by molar-refractivity contribution is -0.132. The van der Waals surface area contributed by atoms with E-state index >= 15 is 0 Å². The SMILES string of the molecule is CCC1(C(=O)NCCS(=O)(=O)CC)CCCNC1. The second-order valence-electron chi connectivity index (χ2n) is 4.91. The van der Waals surface area contributed by atoms with Crippen molar-refractivity contribution in [2.45, 2.75) is 33.1 Å². The van der Waals surface area contributed by atoms with Crippen LogP contribution in [0.5, 0.6) is 0 Å². The summed E-state index contributed by atoms with van der Waals surface area (Å²) in [7, 11) is -3.00. The quantitative estimate of drug-likeness (QED) is 0.732. The standard InChI is InChI=1S/C12H24N2O3S/c1-3-12(6-5-7-13-10-12)11(15)14-8-9-18(16,17)4-2/h13H,3-10H2,1-2H3,(H,14,15). The minimum atomic E-state index is -3.00. The molecule has 0 aromatic carbocycles. The predicted molar refractivity (Wildman–Crippen MR) is 72.2 cm³/mol. The molecule has 1 saturated heterocycles. The zero-order valence-electron chi connectivity index (χ0n) is 11.3. The minimum Gasteiger partial charge on any atom is -0.355 e. The van der Waals surface area contributed by atoms with Gasteiger partial charge in [-0.1, -0.05) is 13.8 Å². The lowest BCUT2D eigenvalue weighted by Gasteiger charge is -2.35. The van der Waals surface area contributed by atoms with E-state index in [1.807, 2.05) is 6.92 Å². The normalized spacial score (nSPS) is 24.8. The first-order valence-electron chi connectivity index (χ1n) is 6.65. The molecule has 0 aromatic rings. The molecule has 0 aliphatic carbocycles. The average molecular weight is 276 g/mol. The lowest BCUT2D eigenvalue weighted by atomic mass is 9.77. The molecule has 1 rings (SSSR count). The van der Waals surface area contributed by atoms with Crippen molar-refractivity contribution in [2.75, 3.05) is 31.1 Å². The van der Waals surface area contributed by atoms with Crippen molar-refractivity contribution < 1.29 is 13.2 Å². The van der Waals surface area contributed by atoms with Crippen LogP contribution in [0.15, 0.2) is 0 Å². The molecule has 1 aliphatic rings. The molecule has 1 aliphatic heterocycles. The van der Waals surface area contributed by atoms with E-state index in [1.165, 1.54) is 0 Å². The zero-order valence-corrected chi connectivity index (χ0v) is 12.1. The van der Waals surface area contributed by atoms with Crippen molar-refractivity contribution in [3.63, 3.8) is 0 Å². The third kappa shape index (κ3) is 3.95. The van der Waals surface area contributed by atoms with E-state index < -0.39 is 9.84 Å². The number of hydrogen-bond donors (Lipinski definition) is 2. The Morgan fingerprint density at radius 3 is 2.61 bits per heavy atom. The predicted octanol–water partition coefficient (Wildman–Crippen LogP) is 0.317. The van der Waals surface area contributed by atoms with E-state index in [0.717, 1.165) is 25.8 Å². The Hall–Kier alpha value is -0.620. The van der Waals surface area contributed by atoms with E-state index in [9.17, 15) is 13.2 Å². The van der Waals surface area contributed by atoms with Gasteiger partial charge < -0.3 is 10.6 Å². The van der Waals surface area contributed by atoms with Crippen molar-refractivity contribution in [3.05, 3.63) is 0 Å². The zero-order chi connectivity index (χ0) is 13.6. The van der Waals surface area contributed by atoms with Gasteiger partial charge in [0.1, 0.15) is 0 Å². The molecule has 0 saturated carbocycles. The van der Waals surface area contributed by atoms with E-state index in [1.54, 1.807) is 6.92 Å². The Morgan fingerprint density at radius 1 is 1.39 bits per heavy atom. The fraction of sp³-hybridized carbons (Fsp3) is 0.917. The van der Waals surface area contributed by atoms with Crippen molar-refractivity contribution >= 4 is 15.7 Å². The van der Waals surface area contributed by atoms with Crippen LogP contribution in [0.4, 0.5) is 0 Å². The van der Waals surface area contributed by atoms with Gasteiger partial charge in [0.05, 0.1) is 11.2 Å². The largest absolute Gasteiger partial charge is 0.355 e. The summed E-state index contributed by atoms with van der Waals surface area (Å²) in [4.78, 5) is 12.2. The molecular weight excluding hydrogens is 252 g/mol. The highest BCUT2D eigenvalue weighted by Gasteiger charge is 2.37. The van der Waals surface area contributed by atoms with Gasteiger partial charge >= 0.3 is 0 Å². The Labute approximate surface area is 110 Å². The van der Waals surface area contributed by atoms with Crippen LogP contribution in [0.1, 0.15) is 33.1 Å². The highest BCUT2D eigenvalue weighted by molar-refractivity contribution is 7.91. The van der Waals surface area contributed by atoms with E-state index in [0.29, 0.717) is 6.54 Å². The minimum absolute atomic E-state index is 0.0106. The fourth-order valence-electron chi connectivity index (χ4n) is 2.28. The molecule has 0 spiro atoms. The molecule has 6 heteroatoms. The lowest BCUT2D eigenvalue weighted by Crippen LogP contribution is -2.50. The van der Waals surface area contributed by atoms with Crippen LogP contribution in [0.25, 0.3) is 0 Å². The number of amides is 1. The van der Waals surface area contributed by atoms with Gasteiger partial charge in [0.2, 0.25) is 5.91 Å². The van der Waals surface area contributed by atoms with Crippen LogP contribution >= 0.6 is 0 Å². The molecule has 5 nitrogen and oxygen atoms in total. The maximum Gasteiger partial charge on any atom is 0.227 e. The summed E-state index contributed by atoms with van der Waals surface area (Å²) in [6.45, 7) is 5.50. The third-order valence-corrected chi connectivity index (χ3v) is 5.47. The molecule has 1 atom stereocenters. The smallest absolute Gasteiger partial charge is 0.227 e. The number of nitrogens with one attached hydrogen (secondary N) is 2. The molecule has 1 fully saturated rings. The first kappa shape index (κ1) is 15.4. The van der Waals surface area contributed by atoms with Crippen molar-refractivity contribution in [3.8, 4) is 0 Å². The van der Waals surface area contributed by atoms with Gasteiger partial charge in [0.25, 0.3) is 0 Å². The molecule has 0 aromatic heterocycles. The summed E-state index contributed by atoms with van der Waals surface area (Å²) < 4.78 is 22.7. The molecule has 2 N–H and O–H groups in total. The maximum absolute atomic E-state index is 12.2. The molecule has 106 valence electrons. The summed E-state index contributed by atoms with van der Waals surface area (Å²) in [6.07, 6.45) is 2.66. The van der Waals surface area contributed by atoms with E-state index in [2.05, 4.69) is 10.6 Å². The molecule has 18 heavy (non-hydrogen) atoms. The van der Waals surface area contributed by atoms with Gasteiger partial charge in [-0.2, -0.15) is 0 Å². The summed E-state index contributed by atoms with van der Waals surface area (Å²) in [6, 6.07) is 0. The number of carbonyl (C=O) groups is 1. The van der Waals surface area contributed by atoms with Gasteiger partial charge in [-0.3, -0.25) is 4.79 Å². The summed E-state index contributed by atoms with van der Waals surface area (Å²) in [5, 5.41) is 6.02. The van der Waals surface area contributed by atoms with Gasteiger partial charge in [0, 0.05) is 18.8 Å². The Bertz CT molecular complexity index is 373. The van der Waals surface area contributed by atoms with Crippen LogP contribution in [0.2, 0.25) is 0 Å². The van der Waals surface area contributed by atoms with Crippen LogP contribution in [-0.2, 0) is 14.6 Å². The summed E-state index contributed by atoms with van der Waals surface area (Å²) in [5.41, 5.74) is -0.353. The van der Waals surface area contributed by atoms with Gasteiger partial charge in [-0.15, -0.1) is 0 Å². The molecule has 0 radical (unpaired) electrons. The highest BCUT2D eigenvalue weighted by Crippen LogP contribution is 2.30.